The number of halogens is 1. The standard InChI is InChI=1S/C20H20ClNO.C2H6/c1-5-18(13(3)9-14(4)19(23)6-2)16-8-7-15-11-20(21)22-12-17(15)10-16;1-2/h5,7-12H,4,6H2,1-3H3;1-2H3/b13-9-,18-5+;. The lowest BCUT2D eigenvalue weighted by atomic mass is 9.95. The molecule has 0 spiro atoms. The molecule has 1 aromatic heterocycles. The number of pyridine rings is 1. The summed E-state index contributed by atoms with van der Waals surface area (Å²) in [5, 5.41) is 2.57. The number of fused-ring (bicyclic) bond motifs is 1. The normalized spacial score (nSPS) is 11.8. The second-order valence-corrected chi connectivity index (χ2v) is 5.79. The Balaban J connectivity index is 0.00000151. The van der Waals surface area contributed by atoms with Crippen molar-refractivity contribution in [3.8, 4) is 0 Å². The number of hydrogen-bond acceptors (Lipinski definition) is 2. The molecule has 0 aliphatic rings. The van der Waals surface area contributed by atoms with Crippen molar-refractivity contribution in [1.82, 2.24) is 4.98 Å². The van der Waals surface area contributed by atoms with Crippen LogP contribution in [0, 0.1) is 0 Å². The minimum atomic E-state index is 0.0668. The first-order valence-corrected chi connectivity index (χ1v) is 8.96. The van der Waals surface area contributed by atoms with Crippen LogP contribution in [0.25, 0.3) is 16.3 Å². The summed E-state index contributed by atoms with van der Waals surface area (Å²) in [5.41, 5.74) is 3.71. The topological polar surface area (TPSA) is 30.0 Å². The molecule has 0 amide bonds. The monoisotopic (exact) mass is 355 g/mol. The summed E-state index contributed by atoms with van der Waals surface area (Å²) in [6.07, 6.45) is 6.13. The third-order valence-corrected chi connectivity index (χ3v) is 3.99. The largest absolute Gasteiger partial charge is 0.294 e. The van der Waals surface area contributed by atoms with Crippen LogP contribution in [-0.4, -0.2) is 10.8 Å². The Labute approximate surface area is 155 Å². The first-order chi connectivity index (χ1) is 12.0. The van der Waals surface area contributed by atoms with E-state index in [1.54, 1.807) is 6.20 Å². The highest BCUT2D eigenvalue weighted by molar-refractivity contribution is 6.30. The van der Waals surface area contributed by atoms with Crippen molar-refractivity contribution < 1.29 is 4.79 Å². The SMILES string of the molecule is C=C(/C=C(C)\C(=C/C)c1ccc2cc(Cl)ncc2c1)C(=O)CC.CC. The minimum absolute atomic E-state index is 0.0668. The van der Waals surface area contributed by atoms with Gasteiger partial charge in [-0.1, -0.05) is 57.2 Å². The average Bonchev–Trinajstić information content (AvgIpc) is 2.63. The molecule has 1 aromatic carbocycles. The highest BCUT2D eigenvalue weighted by Gasteiger charge is 2.08. The number of carbonyl (C=O) groups excluding carboxylic acids is 1. The average molecular weight is 356 g/mol. The van der Waals surface area contributed by atoms with Gasteiger partial charge in [0.15, 0.2) is 5.78 Å². The Bertz CT molecular complexity index is 831. The number of aromatic nitrogens is 1. The number of nitrogens with zero attached hydrogens (tertiary/aromatic N) is 1. The van der Waals surface area contributed by atoms with Crippen molar-refractivity contribution in [1.29, 1.82) is 0 Å². The van der Waals surface area contributed by atoms with E-state index in [-0.39, 0.29) is 5.78 Å². The molecule has 0 atom stereocenters. The summed E-state index contributed by atoms with van der Waals surface area (Å²) in [7, 11) is 0. The summed E-state index contributed by atoms with van der Waals surface area (Å²) in [4.78, 5) is 15.9. The van der Waals surface area contributed by atoms with Gasteiger partial charge in [-0.05, 0) is 54.2 Å². The lowest BCUT2D eigenvalue weighted by Crippen LogP contribution is -1.97. The summed E-state index contributed by atoms with van der Waals surface area (Å²) in [6, 6.07) is 8.01. The van der Waals surface area contributed by atoms with Gasteiger partial charge in [0.2, 0.25) is 0 Å². The van der Waals surface area contributed by atoms with Gasteiger partial charge >= 0.3 is 0 Å². The smallest absolute Gasteiger partial charge is 0.162 e. The third-order valence-electron chi connectivity index (χ3n) is 3.78. The van der Waals surface area contributed by atoms with Gasteiger partial charge in [-0.2, -0.15) is 0 Å². The zero-order chi connectivity index (χ0) is 19.0. The number of carbonyl (C=O) groups is 1. The number of hydrogen-bond donors (Lipinski definition) is 0. The first kappa shape index (κ1) is 20.9. The zero-order valence-corrected chi connectivity index (χ0v) is 16.4. The van der Waals surface area contributed by atoms with Crippen LogP contribution < -0.4 is 0 Å². The van der Waals surface area contributed by atoms with Crippen LogP contribution in [-0.2, 0) is 4.79 Å². The maximum absolute atomic E-state index is 11.7. The number of rotatable bonds is 5. The second-order valence-electron chi connectivity index (χ2n) is 5.40. The molecular formula is C22H26ClNO. The Morgan fingerprint density at radius 3 is 2.52 bits per heavy atom. The van der Waals surface area contributed by atoms with Gasteiger partial charge in [-0.15, -0.1) is 0 Å². The summed E-state index contributed by atoms with van der Waals surface area (Å²) in [6.45, 7) is 13.7. The van der Waals surface area contributed by atoms with E-state index in [1.807, 2.05) is 58.9 Å². The van der Waals surface area contributed by atoms with Crippen molar-refractivity contribution in [2.24, 2.45) is 0 Å². The van der Waals surface area contributed by atoms with E-state index in [9.17, 15) is 4.79 Å². The Kier molecular flexibility index (Phi) is 8.30. The molecule has 2 nitrogen and oxygen atoms in total. The maximum atomic E-state index is 11.7. The molecule has 0 fully saturated rings. The van der Waals surface area contributed by atoms with Gasteiger partial charge in [0.25, 0.3) is 0 Å². The van der Waals surface area contributed by atoms with Gasteiger partial charge in [-0.3, -0.25) is 4.79 Å². The van der Waals surface area contributed by atoms with Gasteiger partial charge in [-0.25, -0.2) is 4.98 Å². The van der Waals surface area contributed by atoms with Crippen LogP contribution in [0.15, 0.2) is 60.3 Å². The van der Waals surface area contributed by atoms with Crippen LogP contribution in [0.3, 0.4) is 0 Å². The molecule has 0 radical (unpaired) electrons. The zero-order valence-electron chi connectivity index (χ0n) is 15.7. The highest BCUT2D eigenvalue weighted by atomic mass is 35.5. The second kappa shape index (κ2) is 9.95. The number of allylic oxidation sites excluding steroid dienone is 5. The minimum Gasteiger partial charge on any atom is -0.294 e. The van der Waals surface area contributed by atoms with E-state index in [2.05, 4.69) is 23.7 Å². The summed E-state index contributed by atoms with van der Waals surface area (Å²) >= 11 is 5.93. The molecule has 25 heavy (non-hydrogen) atoms. The third kappa shape index (κ3) is 5.40. The van der Waals surface area contributed by atoms with Crippen LogP contribution in [0.4, 0.5) is 0 Å². The van der Waals surface area contributed by atoms with Gasteiger partial charge < -0.3 is 0 Å². The van der Waals surface area contributed by atoms with Crippen LogP contribution in [0.2, 0.25) is 5.15 Å². The molecule has 2 aromatic rings. The predicted octanol–water partition coefficient (Wildman–Crippen LogP) is 6.80. The predicted molar refractivity (Wildman–Crippen MR) is 110 cm³/mol. The van der Waals surface area contributed by atoms with Gasteiger partial charge in [0.05, 0.1) is 0 Å². The van der Waals surface area contributed by atoms with Gasteiger partial charge in [0, 0.05) is 23.6 Å². The fourth-order valence-electron chi connectivity index (χ4n) is 2.55. The van der Waals surface area contributed by atoms with Crippen molar-refractivity contribution in [3.05, 3.63) is 71.1 Å². The van der Waals surface area contributed by atoms with Crippen molar-refractivity contribution in [2.45, 2.75) is 41.0 Å². The molecule has 2 rings (SSSR count). The Morgan fingerprint density at radius 1 is 1.24 bits per heavy atom. The van der Waals surface area contributed by atoms with Crippen LogP contribution in [0.5, 0.6) is 0 Å². The van der Waals surface area contributed by atoms with E-state index in [4.69, 9.17) is 11.6 Å². The van der Waals surface area contributed by atoms with Gasteiger partial charge in [0.1, 0.15) is 5.15 Å². The Hall–Kier alpha value is -2.19. The molecule has 0 bridgehead atoms. The molecule has 1 heterocycles. The molecule has 0 aliphatic heterocycles. The number of Topliss-reactive ketones (excluding diaryl/α,β-unsaturated/α-hetero) is 1. The highest BCUT2D eigenvalue weighted by Crippen LogP contribution is 2.27. The molecule has 0 N–H and O–H groups in total. The molecule has 0 saturated carbocycles. The van der Waals surface area contributed by atoms with E-state index < -0.39 is 0 Å². The molecule has 3 heteroatoms. The quantitative estimate of drug-likeness (QED) is 0.335. The van der Waals surface area contributed by atoms with E-state index >= 15 is 0 Å². The van der Waals surface area contributed by atoms with E-state index in [1.165, 1.54) is 0 Å². The summed E-state index contributed by atoms with van der Waals surface area (Å²) < 4.78 is 0. The first-order valence-electron chi connectivity index (χ1n) is 8.59. The van der Waals surface area contributed by atoms with Crippen molar-refractivity contribution >= 4 is 33.7 Å². The molecule has 0 unspecified atom stereocenters. The molecule has 0 aliphatic carbocycles. The van der Waals surface area contributed by atoms with E-state index in [0.29, 0.717) is 17.1 Å². The fraction of sp³-hybridized carbons (Fsp3) is 0.273. The van der Waals surface area contributed by atoms with E-state index in [0.717, 1.165) is 27.5 Å². The summed E-state index contributed by atoms with van der Waals surface area (Å²) in [5.74, 6) is 0.0668. The molecule has 0 saturated heterocycles. The van der Waals surface area contributed by atoms with Crippen LogP contribution >= 0.6 is 11.6 Å². The number of benzene rings is 1. The van der Waals surface area contributed by atoms with Crippen LogP contribution in [0.1, 0.15) is 46.6 Å². The van der Waals surface area contributed by atoms with Crippen molar-refractivity contribution in [3.63, 3.8) is 0 Å². The van der Waals surface area contributed by atoms with Crippen molar-refractivity contribution in [2.75, 3.05) is 0 Å². The Morgan fingerprint density at radius 2 is 1.92 bits per heavy atom. The molecular weight excluding hydrogens is 330 g/mol. The number of ketones is 1. The molecule has 132 valence electrons. The fourth-order valence-corrected chi connectivity index (χ4v) is 2.72. The maximum Gasteiger partial charge on any atom is 0.162 e. The lowest BCUT2D eigenvalue weighted by molar-refractivity contribution is -0.114. The lowest BCUT2D eigenvalue weighted by Gasteiger charge is -2.10.